The van der Waals surface area contributed by atoms with Gasteiger partial charge in [0.05, 0.1) is 11.6 Å². The Balaban J connectivity index is 1.84. The molecule has 0 bridgehead atoms. The number of hydrogen-bond acceptors (Lipinski definition) is 2. The molecule has 0 spiro atoms. The lowest BCUT2D eigenvalue weighted by Crippen LogP contribution is -2.29. The molecule has 2 aromatic carbocycles. The minimum Gasteiger partial charge on any atom is -0.494 e. The van der Waals surface area contributed by atoms with E-state index in [0.29, 0.717) is 6.61 Å². The number of rotatable bonds is 7. The zero-order valence-electron chi connectivity index (χ0n) is 12.0. The van der Waals surface area contributed by atoms with Crippen molar-refractivity contribution in [3.05, 3.63) is 64.9 Å². The molecule has 0 fully saturated rings. The molecule has 0 aliphatic carbocycles. The van der Waals surface area contributed by atoms with Crippen LogP contribution in [0.1, 0.15) is 12.0 Å². The second-order valence-corrected chi connectivity index (χ2v) is 5.30. The van der Waals surface area contributed by atoms with Crippen LogP contribution in [0.4, 0.5) is 4.39 Å². The molecular weight excluding hydrogens is 289 g/mol. The molecule has 0 radical (unpaired) electrons. The molecule has 4 heteroatoms. The topological polar surface area (TPSA) is 21.3 Å². The van der Waals surface area contributed by atoms with Crippen LogP contribution in [0.2, 0.25) is 5.02 Å². The van der Waals surface area contributed by atoms with Gasteiger partial charge in [-0.3, -0.25) is 0 Å². The molecule has 1 unspecified atom stereocenters. The Hall–Kier alpha value is -1.58. The van der Waals surface area contributed by atoms with E-state index in [2.05, 4.69) is 5.32 Å². The Morgan fingerprint density at radius 1 is 1.19 bits per heavy atom. The van der Waals surface area contributed by atoms with Gasteiger partial charge in [0.1, 0.15) is 11.6 Å². The third-order valence-electron chi connectivity index (χ3n) is 3.35. The molecule has 21 heavy (non-hydrogen) atoms. The van der Waals surface area contributed by atoms with Crippen molar-refractivity contribution in [3.8, 4) is 5.75 Å². The molecule has 0 aromatic heterocycles. The normalized spacial score (nSPS) is 12.1. The predicted molar refractivity (Wildman–Crippen MR) is 84.5 cm³/mol. The molecule has 2 rings (SSSR count). The minimum atomic E-state index is -0.371. The van der Waals surface area contributed by atoms with Crippen molar-refractivity contribution < 1.29 is 9.13 Å². The van der Waals surface area contributed by atoms with E-state index in [4.69, 9.17) is 16.3 Å². The molecule has 0 saturated heterocycles. The third kappa shape index (κ3) is 5.03. The summed E-state index contributed by atoms with van der Waals surface area (Å²) in [5, 5.41) is 3.39. The standard InChI is InChI=1S/C17H19ClFNO/c1-20-14(9-10-21-15-5-3-2-4-6-15)11-13-7-8-16(18)17(19)12-13/h2-8,12,14,20H,9-11H2,1H3. The van der Waals surface area contributed by atoms with Gasteiger partial charge in [-0.25, -0.2) is 4.39 Å². The first-order valence-electron chi connectivity index (χ1n) is 6.98. The fourth-order valence-electron chi connectivity index (χ4n) is 2.14. The van der Waals surface area contributed by atoms with Crippen molar-refractivity contribution in [2.24, 2.45) is 0 Å². The van der Waals surface area contributed by atoms with Crippen molar-refractivity contribution in [2.75, 3.05) is 13.7 Å². The van der Waals surface area contributed by atoms with Gasteiger partial charge in [0, 0.05) is 6.04 Å². The average Bonchev–Trinajstić information content (AvgIpc) is 2.51. The van der Waals surface area contributed by atoms with Gasteiger partial charge in [-0.2, -0.15) is 0 Å². The minimum absolute atomic E-state index is 0.159. The summed E-state index contributed by atoms with van der Waals surface area (Å²) in [6, 6.07) is 14.9. The van der Waals surface area contributed by atoms with Gasteiger partial charge in [0.15, 0.2) is 0 Å². The summed E-state index contributed by atoms with van der Waals surface area (Å²) in [6.45, 7) is 0.617. The maximum atomic E-state index is 13.4. The summed E-state index contributed by atoms with van der Waals surface area (Å²) < 4.78 is 19.1. The summed E-state index contributed by atoms with van der Waals surface area (Å²) in [6.07, 6.45) is 1.58. The third-order valence-corrected chi connectivity index (χ3v) is 3.66. The van der Waals surface area contributed by atoms with Crippen LogP contribution in [0.3, 0.4) is 0 Å². The Morgan fingerprint density at radius 3 is 2.62 bits per heavy atom. The number of benzene rings is 2. The van der Waals surface area contributed by atoms with Crippen molar-refractivity contribution in [3.63, 3.8) is 0 Å². The van der Waals surface area contributed by atoms with Gasteiger partial charge >= 0.3 is 0 Å². The number of halogens is 2. The van der Waals surface area contributed by atoms with Gasteiger partial charge < -0.3 is 10.1 Å². The lowest BCUT2D eigenvalue weighted by Gasteiger charge is -2.17. The Morgan fingerprint density at radius 2 is 1.95 bits per heavy atom. The second-order valence-electron chi connectivity index (χ2n) is 4.89. The molecule has 0 amide bonds. The van der Waals surface area contributed by atoms with Gasteiger partial charge in [-0.1, -0.05) is 35.9 Å². The van der Waals surface area contributed by atoms with E-state index in [1.165, 1.54) is 6.07 Å². The average molecular weight is 308 g/mol. The number of likely N-dealkylation sites (N-methyl/N-ethyl adjacent to an activating group) is 1. The highest BCUT2D eigenvalue weighted by Gasteiger charge is 2.09. The Bertz CT molecular complexity index is 562. The quantitative estimate of drug-likeness (QED) is 0.832. The second kappa shape index (κ2) is 8.01. The first-order chi connectivity index (χ1) is 10.2. The van der Waals surface area contributed by atoms with Crippen LogP contribution in [0.25, 0.3) is 0 Å². The fraction of sp³-hybridized carbons (Fsp3) is 0.294. The van der Waals surface area contributed by atoms with Gasteiger partial charge in [-0.15, -0.1) is 0 Å². The van der Waals surface area contributed by atoms with Crippen LogP contribution in [0, 0.1) is 5.82 Å². The smallest absolute Gasteiger partial charge is 0.142 e. The van der Waals surface area contributed by atoms with Crippen LogP contribution >= 0.6 is 11.6 Å². The Labute approximate surface area is 129 Å². The van der Waals surface area contributed by atoms with Gasteiger partial charge in [0.2, 0.25) is 0 Å². The molecule has 0 aliphatic heterocycles. The first-order valence-corrected chi connectivity index (χ1v) is 7.36. The van der Waals surface area contributed by atoms with Gasteiger partial charge in [0.25, 0.3) is 0 Å². The molecule has 1 N–H and O–H groups in total. The molecule has 112 valence electrons. The summed E-state index contributed by atoms with van der Waals surface area (Å²) >= 11 is 5.69. The van der Waals surface area contributed by atoms with Crippen molar-refractivity contribution >= 4 is 11.6 Å². The lowest BCUT2D eigenvalue weighted by molar-refractivity contribution is 0.288. The van der Waals surface area contributed by atoms with Crippen LogP contribution in [0.5, 0.6) is 5.75 Å². The summed E-state index contributed by atoms with van der Waals surface area (Å²) in [5.74, 6) is 0.495. The fourth-order valence-corrected chi connectivity index (χ4v) is 2.25. The van der Waals surface area contributed by atoms with E-state index < -0.39 is 0 Å². The zero-order chi connectivity index (χ0) is 15.1. The number of ether oxygens (including phenoxy) is 1. The van der Waals surface area contributed by atoms with E-state index in [-0.39, 0.29) is 16.9 Å². The highest BCUT2D eigenvalue weighted by Crippen LogP contribution is 2.17. The highest BCUT2D eigenvalue weighted by atomic mass is 35.5. The van der Waals surface area contributed by atoms with Crippen molar-refractivity contribution in [1.29, 1.82) is 0 Å². The molecule has 0 saturated carbocycles. The molecule has 0 aliphatic rings. The largest absolute Gasteiger partial charge is 0.494 e. The predicted octanol–water partition coefficient (Wildman–Crippen LogP) is 4.08. The number of para-hydroxylation sites is 1. The van der Waals surface area contributed by atoms with E-state index in [1.807, 2.05) is 43.4 Å². The Kier molecular flexibility index (Phi) is 6.03. The summed E-state index contributed by atoms with van der Waals surface area (Å²) in [7, 11) is 1.90. The lowest BCUT2D eigenvalue weighted by atomic mass is 10.0. The van der Waals surface area contributed by atoms with E-state index in [9.17, 15) is 4.39 Å². The molecule has 2 aromatic rings. The van der Waals surface area contributed by atoms with Crippen molar-refractivity contribution in [1.82, 2.24) is 5.32 Å². The van der Waals surface area contributed by atoms with Crippen LogP contribution in [0.15, 0.2) is 48.5 Å². The molecule has 0 heterocycles. The van der Waals surface area contributed by atoms with Crippen LogP contribution in [-0.2, 0) is 6.42 Å². The molecule has 1 atom stereocenters. The maximum absolute atomic E-state index is 13.4. The van der Waals surface area contributed by atoms with E-state index in [0.717, 1.165) is 24.2 Å². The SMILES string of the molecule is CNC(CCOc1ccccc1)Cc1ccc(Cl)c(F)c1. The van der Waals surface area contributed by atoms with E-state index in [1.54, 1.807) is 6.07 Å². The molecular formula is C17H19ClFNO. The highest BCUT2D eigenvalue weighted by molar-refractivity contribution is 6.30. The number of hydrogen-bond donors (Lipinski definition) is 1. The molecule has 2 nitrogen and oxygen atoms in total. The summed E-state index contributed by atoms with van der Waals surface area (Å²) in [4.78, 5) is 0. The van der Waals surface area contributed by atoms with Gasteiger partial charge in [-0.05, 0) is 49.7 Å². The first kappa shape index (κ1) is 15.8. The van der Waals surface area contributed by atoms with Crippen LogP contribution < -0.4 is 10.1 Å². The monoisotopic (exact) mass is 307 g/mol. The maximum Gasteiger partial charge on any atom is 0.142 e. The van der Waals surface area contributed by atoms with Crippen LogP contribution in [-0.4, -0.2) is 19.7 Å². The van der Waals surface area contributed by atoms with E-state index >= 15 is 0 Å². The summed E-state index contributed by atoms with van der Waals surface area (Å²) in [5.41, 5.74) is 0.927. The number of nitrogens with one attached hydrogen (secondary N) is 1. The zero-order valence-corrected chi connectivity index (χ0v) is 12.7. The van der Waals surface area contributed by atoms with Crippen molar-refractivity contribution in [2.45, 2.75) is 18.9 Å².